The van der Waals surface area contributed by atoms with Gasteiger partial charge < -0.3 is 20.0 Å². The fourth-order valence-corrected chi connectivity index (χ4v) is 6.25. The van der Waals surface area contributed by atoms with Crippen molar-refractivity contribution < 1.29 is 22.8 Å². The van der Waals surface area contributed by atoms with Crippen molar-refractivity contribution in [1.82, 2.24) is 9.80 Å². The average Bonchev–Trinajstić information content (AvgIpc) is 3.03. The van der Waals surface area contributed by atoms with Gasteiger partial charge in [-0.1, -0.05) is 66.2 Å². The van der Waals surface area contributed by atoms with Crippen molar-refractivity contribution in [2.24, 2.45) is 0 Å². The van der Waals surface area contributed by atoms with E-state index in [4.69, 9.17) is 0 Å². The van der Waals surface area contributed by atoms with Crippen molar-refractivity contribution in [3.05, 3.63) is 130 Å². The Hall–Kier alpha value is -4.63. The number of carbonyl (C=O) groups is 2. The van der Waals surface area contributed by atoms with Crippen LogP contribution in [0, 0.1) is 6.92 Å². The van der Waals surface area contributed by atoms with Gasteiger partial charge in [0.05, 0.1) is 17.5 Å². The number of amides is 2. The first-order valence-electron chi connectivity index (χ1n) is 15.1. The molecule has 1 fully saturated rings. The van der Waals surface area contributed by atoms with Crippen molar-refractivity contribution in [3.63, 3.8) is 0 Å². The molecule has 0 unspecified atom stereocenters. The highest BCUT2D eigenvalue weighted by Crippen LogP contribution is 2.45. The van der Waals surface area contributed by atoms with E-state index in [1.165, 1.54) is 12.1 Å². The topological polar surface area (TPSA) is 55.9 Å². The number of nitrogens with one attached hydrogen (secondary N) is 1. The van der Waals surface area contributed by atoms with Gasteiger partial charge in [0.25, 0.3) is 5.91 Å². The molecule has 0 bridgehead atoms. The lowest BCUT2D eigenvalue weighted by Crippen LogP contribution is -2.45. The lowest BCUT2D eigenvalue weighted by Gasteiger charge is -2.42. The molecule has 232 valence electrons. The molecule has 0 aromatic heterocycles. The first-order valence-corrected chi connectivity index (χ1v) is 15.1. The highest BCUT2D eigenvalue weighted by molar-refractivity contribution is 6.04. The smallest absolute Gasteiger partial charge is 0.369 e. The summed E-state index contributed by atoms with van der Waals surface area (Å²) in [7, 11) is 2.09. The summed E-state index contributed by atoms with van der Waals surface area (Å²) in [5, 5.41) is 3.09. The average molecular weight is 613 g/mol. The van der Waals surface area contributed by atoms with Crippen LogP contribution in [0.15, 0.2) is 97.1 Å². The number of nitrogens with zero attached hydrogens (tertiary/aromatic N) is 3. The maximum atomic E-state index is 14.4. The third-order valence-electron chi connectivity index (χ3n) is 8.76. The van der Waals surface area contributed by atoms with Gasteiger partial charge in [-0.3, -0.25) is 9.59 Å². The Morgan fingerprint density at radius 3 is 2.24 bits per heavy atom. The number of fused-ring (bicyclic) bond motifs is 1. The van der Waals surface area contributed by atoms with E-state index in [2.05, 4.69) is 22.2 Å². The molecule has 0 spiro atoms. The molecule has 0 radical (unpaired) electrons. The number of benzene rings is 4. The zero-order valence-corrected chi connectivity index (χ0v) is 25.2. The Morgan fingerprint density at radius 1 is 0.867 bits per heavy atom. The van der Waals surface area contributed by atoms with Crippen molar-refractivity contribution in [3.8, 4) is 0 Å². The zero-order chi connectivity index (χ0) is 31.7. The van der Waals surface area contributed by atoms with Crippen molar-refractivity contribution >= 4 is 23.2 Å². The number of carbonyl (C=O) groups excluding carboxylic acids is 2. The Labute approximate surface area is 261 Å². The fourth-order valence-electron chi connectivity index (χ4n) is 6.25. The lowest BCUT2D eigenvalue weighted by atomic mass is 9.78. The van der Waals surface area contributed by atoms with E-state index in [1.807, 2.05) is 55.5 Å². The van der Waals surface area contributed by atoms with E-state index < -0.39 is 23.7 Å². The van der Waals surface area contributed by atoms with Crippen LogP contribution in [-0.4, -0.2) is 54.8 Å². The van der Waals surface area contributed by atoms with Crippen LogP contribution in [0.4, 0.5) is 24.5 Å². The molecule has 1 saturated heterocycles. The van der Waals surface area contributed by atoms with Gasteiger partial charge in [0.2, 0.25) is 5.91 Å². The van der Waals surface area contributed by atoms with E-state index in [9.17, 15) is 22.8 Å². The first kappa shape index (κ1) is 30.4. The van der Waals surface area contributed by atoms with Crippen LogP contribution in [0.2, 0.25) is 0 Å². The second-order valence-electron chi connectivity index (χ2n) is 11.9. The Bertz CT molecular complexity index is 1680. The van der Waals surface area contributed by atoms with Crippen LogP contribution in [0.25, 0.3) is 0 Å². The quantitative estimate of drug-likeness (QED) is 0.258. The SMILES string of the molecule is Cc1ccc(CN2C(=O)c3ccccc3[C@@H](C(=O)Nc3cccc(N4CCN(C)CC4)c3)[C@@H]2c2ccc(C(F)(F)F)cc2)cc1. The van der Waals surface area contributed by atoms with Crippen LogP contribution >= 0.6 is 0 Å². The Balaban J connectivity index is 1.40. The number of halogens is 3. The maximum Gasteiger partial charge on any atom is 0.416 e. The molecule has 45 heavy (non-hydrogen) atoms. The second kappa shape index (κ2) is 12.4. The van der Waals surface area contributed by atoms with Crippen molar-refractivity contribution in [2.75, 3.05) is 43.4 Å². The Kier molecular flexibility index (Phi) is 8.38. The highest BCUT2D eigenvalue weighted by Gasteiger charge is 2.44. The largest absolute Gasteiger partial charge is 0.416 e. The van der Waals surface area contributed by atoms with E-state index in [0.717, 1.165) is 55.1 Å². The number of anilines is 2. The van der Waals surface area contributed by atoms with Crippen LogP contribution in [-0.2, 0) is 17.5 Å². The van der Waals surface area contributed by atoms with Gasteiger partial charge in [0.15, 0.2) is 0 Å². The second-order valence-corrected chi connectivity index (χ2v) is 11.9. The normalized spacial score (nSPS) is 18.9. The summed E-state index contributed by atoms with van der Waals surface area (Å²) in [5.74, 6) is -1.50. The lowest BCUT2D eigenvalue weighted by molar-refractivity contribution is -0.137. The zero-order valence-electron chi connectivity index (χ0n) is 25.2. The molecule has 2 aliphatic rings. The molecule has 2 heterocycles. The van der Waals surface area contributed by atoms with Crippen molar-refractivity contribution in [2.45, 2.75) is 31.6 Å². The van der Waals surface area contributed by atoms with Gasteiger partial charge in [-0.25, -0.2) is 0 Å². The molecule has 1 N–H and O–H groups in total. The summed E-state index contributed by atoms with van der Waals surface area (Å²) in [6.07, 6.45) is -4.51. The van der Waals surface area contributed by atoms with Crippen LogP contribution in [0.5, 0.6) is 0 Å². The summed E-state index contributed by atoms with van der Waals surface area (Å²) in [4.78, 5) is 34.6. The molecular weight excluding hydrogens is 577 g/mol. The fraction of sp³-hybridized carbons (Fsp3) is 0.278. The summed E-state index contributed by atoms with van der Waals surface area (Å²) in [6, 6.07) is 26.4. The number of piperazine rings is 1. The van der Waals surface area contributed by atoms with E-state index in [-0.39, 0.29) is 18.4 Å². The third-order valence-corrected chi connectivity index (χ3v) is 8.76. The van der Waals surface area contributed by atoms with E-state index in [1.54, 1.807) is 29.2 Å². The molecule has 0 aliphatic carbocycles. The maximum absolute atomic E-state index is 14.4. The number of likely N-dealkylation sites (N-methyl/N-ethyl adjacent to an activating group) is 1. The van der Waals surface area contributed by atoms with E-state index >= 15 is 0 Å². The van der Waals surface area contributed by atoms with Crippen molar-refractivity contribution in [1.29, 1.82) is 0 Å². The number of hydrogen-bond acceptors (Lipinski definition) is 4. The summed E-state index contributed by atoms with van der Waals surface area (Å²) in [5.41, 5.74) is 4.13. The predicted octanol–water partition coefficient (Wildman–Crippen LogP) is 6.89. The molecular formula is C36H35F3N4O2. The standard InChI is InChI=1S/C36H35F3N4O2/c1-24-10-12-25(13-11-24)23-43-33(26-14-16-27(17-15-26)36(37,38)39)32(30-8-3-4-9-31(30)35(43)45)34(44)40-28-6-5-7-29(22-28)42-20-18-41(2)19-21-42/h3-17,22,32-33H,18-21,23H2,1-2H3,(H,40,44)/t32-,33+/m1/s1. The number of hydrogen-bond donors (Lipinski definition) is 1. The summed E-state index contributed by atoms with van der Waals surface area (Å²) >= 11 is 0. The van der Waals surface area contributed by atoms with Gasteiger partial charge >= 0.3 is 6.18 Å². The van der Waals surface area contributed by atoms with Gasteiger partial charge in [0, 0.05) is 49.7 Å². The van der Waals surface area contributed by atoms with Gasteiger partial charge in [-0.05, 0) is 67.1 Å². The molecule has 4 aromatic rings. The number of alkyl halides is 3. The first-order chi connectivity index (χ1) is 21.6. The molecule has 6 nitrogen and oxygen atoms in total. The summed E-state index contributed by atoms with van der Waals surface area (Å²) < 4.78 is 40.6. The molecule has 2 aliphatic heterocycles. The molecule has 0 saturated carbocycles. The molecule has 2 atom stereocenters. The molecule has 6 rings (SSSR count). The number of aryl methyl sites for hydroxylation is 1. The molecule has 9 heteroatoms. The minimum absolute atomic E-state index is 0.182. The number of rotatable bonds is 6. The monoisotopic (exact) mass is 612 g/mol. The summed E-state index contributed by atoms with van der Waals surface area (Å²) in [6.45, 7) is 5.77. The van der Waals surface area contributed by atoms with Crippen LogP contribution in [0.3, 0.4) is 0 Å². The van der Waals surface area contributed by atoms with Crippen LogP contribution < -0.4 is 10.2 Å². The predicted molar refractivity (Wildman–Crippen MR) is 169 cm³/mol. The van der Waals surface area contributed by atoms with Crippen LogP contribution in [0.1, 0.15) is 50.1 Å². The van der Waals surface area contributed by atoms with Gasteiger partial charge in [0.1, 0.15) is 0 Å². The Morgan fingerprint density at radius 2 is 1.56 bits per heavy atom. The highest BCUT2D eigenvalue weighted by atomic mass is 19.4. The third kappa shape index (κ3) is 6.44. The van der Waals surface area contributed by atoms with Gasteiger partial charge in [-0.15, -0.1) is 0 Å². The molecule has 4 aromatic carbocycles. The van der Waals surface area contributed by atoms with E-state index in [0.29, 0.717) is 22.4 Å². The van der Waals surface area contributed by atoms with Gasteiger partial charge in [-0.2, -0.15) is 13.2 Å². The minimum Gasteiger partial charge on any atom is -0.369 e. The minimum atomic E-state index is -4.51. The molecule has 2 amide bonds.